The summed E-state index contributed by atoms with van der Waals surface area (Å²) in [7, 11) is 0. The molecule has 0 saturated carbocycles. The lowest BCUT2D eigenvalue weighted by Gasteiger charge is -2.33. The standard InChI is InChI=1S/C34H41N5O5S/c1-4-44-28(40)21-36-30(29(23-12-7-5-8-13-23)24-14-9-6-10-15-24)34(43)39-19-11-16-26(39)33(42)37-20-25-17-18-27(45-25)31(35)38-32(41)22(2)3/h5-10,12-15,17-18,22,26,29-30,36H,4,11,16,19-21H2,1-3H3,(H,37,42)(H2,35,38,41)/t26-,30+/m0/s1. The number of carbonyl (C=O) groups excluding carboxylic acids is 4. The van der Waals surface area contributed by atoms with E-state index in [0.29, 0.717) is 24.3 Å². The van der Waals surface area contributed by atoms with Gasteiger partial charge in [0.2, 0.25) is 17.7 Å². The number of thiophene rings is 1. The molecule has 0 bridgehead atoms. The quantitative estimate of drug-likeness (QED) is 0.149. The van der Waals surface area contributed by atoms with E-state index in [1.54, 1.807) is 31.7 Å². The summed E-state index contributed by atoms with van der Waals surface area (Å²) in [6, 6.07) is 21.5. The number of rotatable bonds is 13. The van der Waals surface area contributed by atoms with Crippen molar-refractivity contribution in [3.63, 3.8) is 0 Å². The van der Waals surface area contributed by atoms with Gasteiger partial charge >= 0.3 is 5.97 Å². The van der Waals surface area contributed by atoms with Gasteiger partial charge in [-0.25, -0.2) is 0 Å². The van der Waals surface area contributed by atoms with E-state index in [2.05, 4.69) is 15.6 Å². The van der Waals surface area contributed by atoms with Crippen LogP contribution >= 0.6 is 11.3 Å². The number of carbonyl (C=O) groups is 4. The average Bonchev–Trinajstić information content (AvgIpc) is 3.73. The van der Waals surface area contributed by atoms with Crippen LogP contribution in [-0.2, 0) is 30.5 Å². The molecule has 0 spiro atoms. The Labute approximate surface area is 268 Å². The Kier molecular flexibility index (Phi) is 12.0. The molecule has 2 aromatic carbocycles. The van der Waals surface area contributed by atoms with E-state index in [-0.39, 0.29) is 49.2 Å². The molecule has 2 heterocycles. The van der Waals surface area contributed by atoms with Crippen LogP contribution in [0.2, 0.25) is 0 Å². The maximum Gasteiger partial charge on any atom is 0.319 e. The Morgan fingerprint density at radius 3 is 2.24 bits per heavy atom. The molecule has 45 heavy (non-hydrogen) atoms. The van der Waals surface area contributed by atoms with E-state index < -0.39 is 24.0 Å². The van der Waals surface area contributed by atoms with Crippen LogP contribution in [0.5, 0.6) is 0 Å². The third-order valence-electron chi connectivity index (χ3n) is 7.60. The van der Waals surface area contributed by atoms with Crippen molar-refractivity contribution in [2.75, 3.05) is 19.7 Å². The number of nitrogens with two attached hydrogens (primary N) is 1. The van der Waals surface area contributed by atoms with Crippen molar-refractivity contribution in [3.8, 4) is 0 Å². The zero-order valence-corrected chi connectivity index (χ0v) is 26.7. The molecule has 11 heteroatoms. The van der Waals surface area contributed by atoms with Gasteiger partial charge in [0.25, 0.3) is 0 Å². The first-order valence-electron chi connectivity index (χ1n) is 15.2. The fraction of sp³-hybridized carbons (Fsp3) is 0.382. The van der Waals surface area contributed by atoms with Crippen LogP contribution in [0.3, 0.4) is 0 Å². The molecule has 10 nitrogen and oxygen atoms in total. The monoisotopic (exact) mass is 631 g/mol. The van der Waals surface area contributed by atoms with Crippen molar-refractivity contribution in [2.24, 2.45) is 16.6 Å². The van der Waals surface area contributed by atoms with Crippen LogP contribution in [0.15, 0.2) is 77.8 Å². The van der Waals surface area contributed by atoms with Crippen LogP contribution in [0.25, 0.3) is 0 Å². The first-order valence-corrected chi connectivity index (χ1v) is 16.0. The lowest BCUT2D eigenvalue weighted by molar-refractivity contribution is -0.143. The van der Waals surface area contributed by atoms with Gasteiger partial charge in [0.15, 0.2) is 0 Å². The zero-order chi connectivity index (χ0) is 32.3. The molecule has 3 aromatic rings. The second-order valence-corrected chi connectivity index (χ2v) is 12.3. The minimum Gasteiger partial charge on any atom is -0.465 e. The fourth-order valence-corrected chi connectivity index (χ4v) is 6.19. The molecule has 1 aliphatic rings. The molecule has 2 atom stereocenters. The van der Waals surface area contributed by atoms with E-state index in [9.17, 15) is 19.2 Å². The van der Waals surface area contributed by atoms with Gasteiger partial charge in [-0.1, -0.05) is 74.5 Å². The van der Waals surface area contributed by atoms with Gasteiger partial charge in [0.05, 0.1) is 30.6 Å². The number of likely N-dealkylation sites (tertiary alicyclic amines) is 1. The minimum atomic E-state index is -0.830. The first-order chi connectivity index (χ1) is 21.7. The van der Waals surface area contributed by atoms with Crippen LogP contribution in [-0.4, -0.2) is 66.2 Å². The van der Waals surface area contributed by atoms with Gasteiger partial charge < -0.3 is 20.7 Å². The van der Waals surface area contributed by atoms with Gasteiger partial charge in [-0.05, 0) is 43.0 Å². The maximum absolute atomic E-state index is 14.4. The molecular formula is C34H41N5O5S. The molecule has 0 aliphatic carbocycles. The lowest BCUT2D eigenvalue weighted by atomic mass is 9.84. The second-order valence-electron chi connectivity index (χ2n) is 11.1. The van der Waals surface area contributed by atoms with Crippen LogP contribution in [0, 0.1) is 5.92 Å². The van der Waals surface area contributed by atoms with Gasteiger partial charge in [-0.3, -0.25) is 24.5 Å². The highest BCUT2D eigenvalue weighted by atomic mass is 32.1. The van der Waals surface area contributed by atoms with Crippen molar-refractivity contribution in [3.05, 3.63) is 93.7 Å². The zero-order valence-electron chi connectivity index (χ0n) is 25.9. The van der Waals surface area contributed by atoms with Gasteiger partial charge in [0.1, 0.15) is 11.9 Å². The number of hydrogen-bond acceptors (Lipinski definition) is 7. The number of nitrogens with zero attached hydrogens (tertiary/aromatic N) is 2. The van der Waals surface area contributed by atoms with Crippen LogP contribution < -0.4 is 16.4 Å². The molecule has 3 amide bonds. The summed E-state index contributed by atoms with van der Waals surface area (Å²) in [4.78, 5) is 59.3. The van der Waals surface area contributed by atoms with Crippen LogP contribution in [0.1, 0.15) is 60.4 Å². The van der Waals surface area contributed by atoms with Crippen LogP contribution in [0.4, 0.5) is 0 Å². The van der Waals surface area contributed by atoms with E-state index in [1.807, 2.05) is 66.7 Å². The molecule has 1 saturated heterocycles. The SMILES string of the molecule is CCOC(=O)CN[C@@H](C(=O)N1CCC[C@H]1C(=O)NCc1ccc(C(N)=NC(=O)C(C)C)s1)C(c1ccccc1)c1ccccc1. The summed E-state index contributed by atoms with van der Waals surface area (Å²) in [5, 5.41) is 6.16. The smallest absolute Gasteiger partial charge is 0.319 e. The highest BCUT2D eigenvalue weighted by Crippen LogP contribution is 2.31. The third-order valence-corrected chi connectivity index (χ3v) is 8.71. The summed E-state index contributed by atoms with van der Waals surface area (Å²) < 4.78 is 5.15. The molecule has 238 valence electrons. The lowest BCUT2D eigenvalue weighted by Crippen LogP contribution is -2.55. The molecule has 1 aliphatic heterocycles. The van der Waals surface area contributed by atoms with Crippen molar-refractivity contribution in [2.45, 2.75) is 58.2 Å². The highest BCUT2D eigenvalue weighted by Gasteiger charge is 2.40. The third kappa shape index (κ3) is 8.86. The van der Waals surface area contributed by atoms with Gasteiger partial charge in [-0.15, -0.1) is 11.3 Å². The number of nitrogens with one attached hydrogen (secondary N) is 2. The van der Waals surface area contributed by atoms with Crippen molar-refractivity contribution >= 4 is 40.9 Å². The van der Waals surface area contributed by atoms with Gasteiger partial charge in [-0.2, -0.15) is 4.99 Å². The normalized spacial score (nSPS) is 15.7. The number of ether oxygens (including phenoxy) is 1. The van der Waals surface area contributed by atoms with E-state index in [1.165, 1.54) is 11.3 Å². The van der Waals surface area contributed by atoms with E-state index in [4.69, 9.17) is 10.5 Å². The summed E-state index contributed by atoms with van der Waals surface area (Å²) in [5.41, 5.74) is 7.84. The number of amides is 3. The summed E-state index contributed by atoms with van der Waals surface area (Å²) in [6.07, 6.45) is 1.20. The Hall–Kier alpha value is -4.35. The Balaban J connectivity index is 1.53. The van der Waals surface area contributed by atoms with Crippen molar-refractivity contribution < 1.29 is 23.9 Å². The molecule has 0 unspecified atom stereocenters. The number of aliphatic imine (C=N–C) groups is 1. The predicted octanol–water partition coefficient (Wildman–Crippen LogP) is 3.60. The van der Waals surface area contributed by atoms with Gasteiger partial charge in [0, 0.05) is 23.3 Å². The number of esters is 1. The maximum atomic E-state index is 14.4. The molecule has 1 aromatic heterocycles. The molecule has 0 radical (unpaired) electrons. The Morgan fingerprint density at radius 1 is 1.00 bits per heavy atom. The predicted molar refractivity (Wildman–Crippen MR) is 175 cm³/mol. The van der Waals surface area contributed by atoms with E-state index in [0.717, 1.165) is 16.0 Å². The summed E-state index contributed by atoms with van der Waals surface area (Å²) in [5.74, 6) is -1.79. The molecule has 4 N–H and O–H groups in total. The first kappa shape index (κ1) is 33.5. The molecular weight excluding hydrogens is 590 g/mol. The Morgan fingerprint density at radius 2 is 1.64 bits per heavy atom. The van der Waals surface area contributed by atoms with E-state index >= 15 is 0 Å². The summed E-state index contributed by atoms with van der Waals surface area (Å²) in [6.45, 7) is 6.00. The molecule has 1 fully saturated rings. The largest absolute Gasteiger partial charge is 0.465 e. The topological polar surface area (TPSA) is 143 Å². The number of benzene rings is 2. The number of amidine groups is 1. The average molecular weight is 632 g/mol. The number of hydrogen-bond donors (Lipinski definition) is 3. The summed E-state index contributed by atoms with van der Waals surface area (Å²) >= 11 is 1.35. The van der Waals surface area contributed by atoms with Crippen molar-refractivity contribution in [1.29, 1.82) is 0 Å². The van der Waals surface area contributed by atoms with Crippen molar-refractivity contribution in [1.82, 2.24) is 15.5 Å². The second kappa shape index (κ2) is 16.1. The molecule has 4 rings (SSSR count). The fourth-order valence-electron chi connectivity index (χ4n) is 5.34. The minimum absolute atomic E-state index is 0.150. The Bertz CT molecular complexity index is 1450. The highest BCUT2D eigenvalue weighted by molar-refractivity contribution is 7.14.